The summed E-state index contributed by atoms with van der Waals surface area (Å²) in [5, 5.41) is 0. The fourth-order valence-corrected chi connectivity index (χ4v) is 0. The quantitative estimate of drug-likeness (QED) is 0.320. The summed E-state index contributed by atoms with van der Waals surface area (Å²) in [4.78, 5) is 0. The molecule has 0 saturated carbocycles. The van der Waals surface area contributed by atoms with Crippen LogP contribution >= 0.6 is 0 Å². The van der Waals surface area contributed by atoms with Crippen molar-refractivity contribution in [2.45, 2.75) is 0 Å². The van der Waals surface area contributed by atoms with Crippen LogP contribution in [0.25, 0.3) is 0 Å². The van der Waals surface area contributed by atoms with Gasteiger partial charge in [-0.1, -0.05) is 0 Å². The second kappa shape index (κ2) is 1410. The van der Waals surface area contributed by atoms with Gasteiger partial charge in [-0.25, -0.2) is 0 Å². The van der Waals surface area contributed by atoms with Gasteiger partial charge in [-0.05, 0) is 0 Å². The maximum absolute atomic E-state index is 4.25. The minimum atomic E-state index is 0. The van der Waals surface area contributed by atoms with Crippen LogP contribution in [-0.4, -0.2) is 0 Å². The van der Waals surface area contributed by atoms with Crippen molar-refractivity contribution in [3.05, 3.63) is 82.3 Å². The molecule has 0 saturated heterocycles. The van der Waals surface area contributed by atoms with Gasteiger partial charge in [0, 0.05) is 84.3 Å². The van der Waals surface area contributed by atoms with E-state index in [0.717, 1.165) is 0 Å². The summed E-state index contributed by atoms with van der Waals surface area (Å²) in [6, 6.07) is 0. The largest absolute Gasteiger partial charge is 0.521 e. The van der Waals surface area contributed by atoms with Crippen molar-refractivity contribution in [2.75, 3.05) is 0 Å². The fraction of sp³-hybridized carbons (Fsp3) is 0. The average molecular weight is 949 g/mol. The molecule has 0 heterocycles. The Hall–Kier alpha value is 1.71. The molecule has 120 valence electrons. The van der Waals surface area contributed by atoms with E-state index in [9.17, 15) is 0 Å². The van der Waals surface area contributed by atoms with E-state index < -0.39 is 0 Å². The number of hydrogen-bond donors (Lipinski definition) is 0. The van der Waals surface area contributed by atoms with Crippen molar-refractivity contribution < 1.29 is 84.3 Å². The normalized spacial score (nSPS) is 1.00. The van der Waals surface area contributed by atoms with E-state index in [4.69, 9.17) is 0 Å². The first-order chi connectivity index (χ1) is 4.00. The molecule has 0 aromatic heterocycles. The Morgan fingerprint density at radius 2 is 0.312 bits per heavy atom. The molecule has 0 amide bonds. The molecule has 0 atom stereocenters. The summed E-state index contributed by atoms with van der Waals surface area (Å²) < 4.78 is 0. The third-order valence-corrected chi connectivity index (χ3v) is 0. The summed E-state index contributed by atoms with van der Waals surface area (Å²) in [6.45, 7) is 28.0. The molecule has 0 rings (SSSR count). The molecule has 0 N–H and O–H groups in total. The summed E-state index contributed by atoms with van der Waals surface area (Å²) in [5.74, 6) is 0. The van der Waals surface area contributed by atoms with E-state index >= 15 is 0 Å². The number of rotatable bonds is 0. The topological polar surface area (TPSA) is 0 Å². The molecule has 0 bridgehead atoms. The van der Waals surface area contributed by atoms with Crippen LogP contribution in [0.15, 0.2) is 26.3 Å². The van der Waals surface area contributed by atoms with Gasteiger partial charge < -0.3 is 56.0 Å². The first kappa shape index (κ1) is 152. The predicted octanol–water partition coefficient (Wildman–Crippen LogP) is 4.21. The van der Waals surface area contributed by atoms with Crippen molar-refractivity contribution in [2.24, 2.45) is 0 Å². The minimum absolute atomic E-state index is 0. The van der Waals surface area contributed by atoms with Gasteiger partial charge in [-0.15, -0.1) is 0 Å². The Bertz CT molecular complexity index is 21.0. The first-order valence-corrected chi connectivity index (χ1v) is 1.63. The van der Waals surface area contributed by atoms with Crippen molar-refractivity contribution in [3.63, 3.8) is 0 Å². The molecule has 0 aliphatic rings. The van der Waals surface area contributed by atoms with Gasteiger partial charge in [-0.2, -0.15) is 0 Å². The monoisotopic (exact) mass is 948 g/mol. The van der Waals surface area contributed by atoms with Crippen LogP contribution in [0.1, 0.15) is 0 Å². The maximum Gasteiger partial charge on any atom is 0 e. The SMILES string of the molecule is [CH-]=C.[CH-]=C.[CH-]=C.[CH-]=C.[CH3-].[CH3-].[CH3-].[CH3-].[Pt].[Pt].[Pt].[Pt]. The Kier molecular flexibility index (Phi) is 13300. The van der Waals surface area contributed by atoms with Crippen LogP contribution in [0.4, 0.5) is 0 Å². The Labute approximate surface area is 165 Å². The van der Waals surface area contributed by atoms with Crippen LogP contribution in [0, 0.1) is 56.0 Å². The Morgan fingerprint density at radius 3 is 0.312 bits per heavy atom. The summed E-state index contributed by atoms with van der Waals surface area (Å²) in [7, 11) is 0. The van der Waals surface area contributed by atoms with E-state index in [2.05, 4.69) is 52.6 Å². The molecule has 16 heavy (non-hydrogen) atoms. The zero-order chi connectivity index (χ0) is 8.00. The van der Waals surface area contributed by atoms with Gasteiger partial charge in [-0.3, -0.25) is 26.3 Å². The molecule has 0 aliphatic heterocycles. The Balaban J connectivity index is -0.00000000114. The molecule has 4 heteroatoms. The van der Waals surface area contributed by atoms with Crippen LogP contribution in [-0.2, 0) is 84.3 Å². The summed E-state index contributed by atoms with van der Waals surface area (Å²) >= 11 is 0. The molecular formula is C12H24Pt4-8. The zero-order valence-corrected chi connectivity index (χ0v) is 19.5. The molecule has 0 radical (unpaired) electrons. The van der Waals surface area contributed by atoms with Crippen molar-refractivity contribution in [1.82, 2.24) is 0 Å². The first-order valence-electron chi connectivity index (χ1n) is 1.63. The van der Waals surface area contributed by atoms with Gasteiger partial charge in [0.2, 0.25) is 0 Å². The molecule has 0 fully saturated rings. The smallest absolute Gasteiger partial charge is 0 e. The molecule has 0 spiro atoms. The van der Waals surface area contributed by atoms with Gasteiger partial charge >= 0.3 is 0 Å². The third-order valence-electron chi connectivity index (χ3n) is 0. The molecule has 0 unspecified atom stereocenters. The molecule has 0 nitrogen and oxygen atoms in total. The van der Waals surface area contributed by atoms with E-state index in [1.165, 1.54) is 0 Å². The zero-order valence-electron chi connectivity index (χ0n) is 10.4. The minimum Gasteiger partial charge on any atom is -0.521 e. The van der Waals surface area contributed by atoms with Crippen LogP contribution in [0.2, 0.25) is 0 Å². The van der Waals surface area contributed by atoms with Crippen molar-refractivity contribution >= 4 is 0 Å². The molecule has 0 aromatic rings. The number of hydrogen-bond acceptors (Lipinski definition) is 0. The van der Waals surface area contributed by atoms with E-state index in [1.54, 1.807) is 0 Å². The second-order valence-corrected chi connectivity index (χ2v) is 0. The molecule has 0 aliphatic carbocycles. The average Bonchev–Trinajstić information content (AvgIpc) is 2.03. The van der Waals surface area contributed by atoms with E-state index in [0.29, 0.717) is 0 Å². The van der Waals surface area contributed by atoms with Gasteiger partial charge in [0.25, 0.3) is 0 Å². The molecule has 0 aromatic carbocycles. The van der Waals surface area contributed by atoms with Gasteiger partial charge in [0.05, 0.1) is 0 Å². The molecular weight excluding hydrogens is 924 g/mol. The summed E-state index contributed by atoms with van der Waals surface area (Å²) in [6.07, 6.45) is 0. The predicted molar refractivity (Wildman–Crippen MR) is 65.4 cm³/mol. The van der Waals surface area contributed by atoms with Crippen molar-refractivity contribution in [3.8, 4) is 0 Å². The van der Waals surface area contributed by atoms with Gasteiger partial charge in [0.15, 0.2) is 0 Å². The van der Waals surface area contributed by atoms with E-state index in [1.807, 2.05) is 0 Å². The second-order valence-electron chi connectivity index (χ2n) is 0. The standard InChI is InChI=1S/4C2H3.4CH3.4Pt/c4*1-2;;;;;;;;/h4*1H,2H2;4*1H3;;;;/q8*-1;;;;. The maximum atomic E-state index is 4.25. The van der Waals surface area contributed by atoms with Crippen LogP contribution < -0.4 is 0 Å². The summed E-state index contributed by atoms with van der Waals surface area (Å²) in [5.41, 5.74) is 0. The Morgan fingerprint density at radius 1 is 0.312 bits per heavy atom. The van der Waals surface area contributed by atoms with E-state index in [-0.39, 0.29) is 114 Å². The van der Waals surface area contributed by atoms with Crippen LogP contribution in [0.5, 0.6) is 0 Å². The third kappa shape index (κ3) is 1160. The van der Waals surface area contributed by atoms with Gasteiger partial charge in [0.1, 0.15) is 0 Å². The van der Waals surface area contributed by atoms with Crippen LogP contribution in [0.3, 0.4) is 0 Å². The fourth-order valence-electron chi connectivity index (χ4n) is 0. The van der Waals surface area contributed by atoms with Crippen molar-refractivity contribution in [1.29, 1.82) is 0 Å².